The standard InChI is InChI=1S/C13H21NOS/c1-6-11(15)10-7-9(2)12(14-8-10)16-13(3,4)5/h7-8,11,15H,6H2,1-5H3/t11-/m0/s1. The Hall–Kier alpha value is -0.540. The molecule has 0 unspecified atom stereocenters. The molecular weight excluding hydrogens is 218 g/mol. The van der Waals surface area contributed by atoms with Crippen molar-refractivity contribution in [3.63, 3.8) is 0 Å². The third kappa shape index (κ3) is 3.80. The largest absolute Gasteiger partial charge is 0.388 e. The monoisotopic (exact) mass is 239 g/mol. The van der Waals surface area contributed by atoms with Crippen LogP contribution >= 0.6 is 11.8 Å². The summed E-state index contributed by atoms with van der Waals surface area (Å²) in [5.41, 5.74) is 2.06. The van der Waals surface area contributed by atoms with Crippen LogP contribution in [0.2, 0.25) is 0 Å². The normalized spacial score (nSPS) is 13.9. The summed E-state index contributed by atoms with van der Waals surface area (Å²) in [5, 5.41) is 10.8. The van der Waals surface area contributed by atoms with Crippen LogP contribution in [-0.2, 0) is 0 Å². The smallest absolute Gasteiger partial charge is 0.0994 e. The third-order valence-electron chi connectivity index (χ3n) is 2.23. The van der Waals surface area contributed by atoms with Gasteiger partial charge in [0.2, 0.25) is 0 Å². The maximum absolute atomic E-state index is 9.73. The Balaban J connectivity index is 2.92. The Morgan fingerprint density at radius 3 is 2.50 bits per heavy atom. The molecule has 90 valence electrons. The number of aliphatic hydroxyl groups is 1. The van der Waals surface area contributed by atoms with Gasteiger partial charge in [0.15, 0.2) is 0 Å². The molecule has 1 aromatic heterocycles. The van der Waals surface area contributed by atoms with Crippen LogP contribution in [0.5, 0.6) is 0 Å². The van der Waals surface area contributed by atoms with E-state index in [1.54, 1.807) is 18.0 Å². The van der Waals surface area contributed by atoms with Crippen LogP contribution < -0.4 is 0 Å². The zero-order chi connectivity index (χ0) is 12.3. The van der Waals surface area contributed by atoms with E-state index in [0.29, 0.717) is 0 Å². The first kappa shape index (κ1) is 13.5. The van der Waals surface area contributed by atoms with E-state index < -0.39 is 0 Å². The fourth-order valence-corrected chi connectivity index (χ4v) is 2.30. The second kappa shape index (κ2) is 5.19. The molecule has 1 N–H and O–H groups in total. The molecular formula is C13H21NOS. The highest BCUT2D eigenvalue weighted by Gasteiger charge is 2.15. The van der Waals surface area contributed by atoms with Crippen molar-refractivity contribution >= 4 is 11.8 Å². The first-order valence-corrected chi connectivity index (χ1v) is 6.48. The van der Waals surface area contributed by atoms with Crippen molar-refractivity contribution in [1.82, 2.24) is 4.98 Å². The van der Waals surface area contributed by atoms with Gasteiger partial charge in [-0.1, -0.05) is 27.7 Å². The van der Waals surface area contributed by atoms with Crippen LogP contribution in [0.15, 0.2) is 17.3 Å². The molecule has 2 nitrogen and oxygen atoms in total. The molecule has 3 heteroatoms. The number of aryl methyl sites for hydroxylation is 1. The van der Waals surface area contributed by atoms with Gasteiger partial charge in [-0.25, -0.2) is 4.98 Å². The maximum atomic E-state index is 9.73. The highest BCUT2D eigenvalue weighted by molar-refractivity contribution is 8.00. The van der Waals surface area contributed by atoms with Crippen molar-refractivity contribution < 1.29 is 5.11 Å². The minimum atomic E-state index is -0.389. The Labute approximate surface area is 102 Å². The zero-order valence-corrected chi connectivity index (χ0v) is 11.6. The molecule has 0 aromatic carbocycles. The van der Waals surface area contributed by atoms with Gasteiger partial charge in [-0.05, 0) is 30.5 Å². The average Bonchev–Trinajstić information content (AvgIpc) is 2.18. The average molecular weight is 239 g/mol. The molecule has 1 heterocycles. The molecule has 0 bridgehead atoms. The SMILES string of the molecule is CC[C@H](O)c1cnc(SC(C)(C)C)c(C)c1. The minimum absolute atomic E-state index is 0.169. The Bertz CT molecular complexity index is 357. The van der Waals surface area contributed by atoms with Crippen LogP contribution in [0.25, 0.3) is 0 Å². The van der Waals surface area contributed by atoms with Crippen LogP contribution in [0.3, 0.4) is 0 Å². The number of hydrogen-bond donors (Lipinski definition) is 1. The maximum Gasteiger partial charge on any atom is 0.0994 e. The summed E-state index contributed by atoms with van der Waals surface area (Å²) >= 11 is 1.76. The third-order valence-corrected chi connectivity index (χ3v) is 3.46. The molecule has 0 spiro atoms. The topological polar surface area (TPSA) is 33.1 Å². The highest BCUT2D eigenvalue weighted by atomic mass is 32.2. The summed E-state index contributed by atoms with van der Waals surface area (Å²) in [7, 11) is 0. The Kier molecular flexibility index (Phi) is 4.39. The van der Waals surface area contributed by atoms with Crippen molar-refractivity contribution in [3.05, 3.63) is 23.4 Å². The number of thioether (sulfide) groups is 1. The van der Waals surface area contributed by atoms with Crippen molar-refractivity contribution in [2.24, 2.45) is 0 Å². The zero-order valence-electron chi connectivity index (χ0n) is 10.7. The number of aromatic nitrogens is 1. The number of pyridine rings is 1. The summed E-state index contributed by atoms with van der Waals surface area (Å²) in [6.45, 7) is 10.5. The second-order valence-electron chi connectivity index (χ2n) is 5.03. The fraction of sp³-hybridized carbons (Fsp3) is 0.615. The minimum Gasteiger partial charge on any atom is -0.388 e. The molecule has 0 radical (unpaired) electrons. The molecule has 1 rings (SSSR count). The number of aliphatic hydroxyl groups excluding tert-OH is 1. The predicted molar refractivity (Wildman–Crippen MR) is 69.8 cm³/mol. The van der Waals surface area contributed by atoms with Crippen molar-refractivity contribution in [2.45, 2.75) is 56.9 Å². The van der Waals surface area contributed by atoms with Crippen molar-refractivity contribution in [3.8, 4) is 0 Å². The van der Waals surface area contributed by atoms with E-state index in [-0.39, 0.29) is 10.9 Å². The fourth-order valence-electron chi connectivity index (χ4n) is 1.40. The molecule has 0 saturated carbocycles. The molecule has 0 aliphatic carbocycles. The van der Waals surface area contributed by atoms with Gasteiger partial charge in [0.25, 0.3) is 0 Å². The summed E-state index contributed by atoms with van der Waals surface area (Å²) in [4.78, 5) is 4.44. The Morgan fingerprint density at radius 2 is 2.06 bits per heavy atom. The number of rotatable bonds is 3. The van der Waals surface area contributed by atoms with Gasteiger partial charge in [0.05, 0.1) is 11.1 Å². The lowest BCUT2D eigenvalue weighted by atomic mass is 10.1. The molecule has 0 saturated heterocycles. The van der Waals surface area contributed by atoms with Gasteiger partial charge in [0.1, 0.15) is 0 Å². The molecule has 1 aromatic rings. The summed E-state index contributed by atoms with van der Waals surface area (Å²) in [6, 6.07) is 2.04. The summed E-state index contributed by atoms with van der Waals surface area (Å²) in [6.07, 6.45) is 2.13. The Morgan fingerprint density at radius 1 is 1.44 bits per heavy atom. The van der Waals surface area contributed by atoms with Gasteiger partial charge in [-0.15, -0.1) is 11.8 Å². The molecule has 0 aliphatic rings. The van der Waals surface area contributed by atoms with E-state index in [1.165, 1.54) is 0 Å². The van der Waals surface area contributed by atoms with Gasteiger partial charge < -0.3 is 5.11 Å². The number of nitrogens with zero attached hydrogens (tertiary/aromatic N) is 1. The van der Waals surface area contributed by atoms with Crippen LogP contribution in [0.4, 0.5) is 0 Å². The molecule has 0 amide bonds. The van der Waals surface area contributed by atoms with Gasteiger partial charge in [0, 0.05) is 10.9 Å². The van der Waals surface area contributed by atoms with Crippen LogP contribution in [0.1, 0.15) is 51.3 Å². The second-order valence-corrected chi connectivity index (χ2v) is 6.84. The lowest BCUT2D eigenvalue weighted by Gasteiger charge is -2.19. The van der Waals surface area contributed by atoms with E-state index in [9.17, 15) is 5.11 Å². The van der Waals surface area contributed by atoms with E-state index in [0.717, 1.165) is 22.6 Å². The van der Waals surface area contributed by atoms with Crippen molar-refractivity contribution in [1.29, 1.82) is 0 Å². The summed E-state index contributed by atoms with van der Waals surface area (Å²) in [5.74, 6) is 0. The first-order chi connectivity index (χ1) is 7.33. The number of hydrogen-bond acceptors (Lipinski definition) is 3. The van der Waals surface area contributed by atoms with Crippen LogP contribution in [-0.4, -0.2) is 14.8 Å². The first-order valence-electron chi connectivity index (χ1n) is 5.67. The van der Waals surface area contributed by atoms with E-state index in [1.807, 2.05) is 19.9 Å². The van der Waals surface area contributed by atoms with Crippen molar-refractivity contribution in [2.75, 3.05) is 0 Å². The summed E-state index contributed by atoms with van der Waals surface area (Å²) < 4.78 is 0.169. The highest BCUT2D eigenvalue weighted by Crippen LogP contribution is 2.33. The van der Waals surface area contributed by atoms with Gasteiger partial charge in [-0.3, -0.25) is 0 Å². The van der Waals surface area contributed by atoms with Gasteiger partial charge >= 0.3 is 0 Å². The van der Waals surface area contributed by atoms with E-state index >= 15 is 0 Å². The van der Waals surface area contributed by atoms with Crippen LogP contribution in [0, 0.1) is 6.92 Å². The van der Waals surface area contributed by atoms with E-state index in [2.05, 4.69) is 25.8 Å². The quantitative estimate of drug-likeness (QED) is 0.816. The van der Waals surface area contributed by atoms with Gasteiger partial charge in [-0.2, -0.15) is 0 Å². The molecule has 0 aliphatic heterocycles. The predicted octanol–water partition coefficient (Wildman–Crippen LogP) is 3.72. The molecule has 16 heavy (non-hydrogen) atoms. The lowest BCUT2D eigenvalue weighted by Crippen LogP contribution is -2.08. The molecule has 1 atom stereocenters. The lowest BCUT2D eigenvalue weighted by molar-refractivity contribution is 0.173. The van der Waals surface area contributed by atoms with E-state index in [4.69, 9.17) is 0 Å². The molecule has 0 fully saturated rings.